The van der Waals surface area contributed by atoms with Crippen LogP contribution in [0.2, 0.25) is 0 Å². The summed E-state index contributed by atoms with van der Waals surface area (Å²) < 4.78 is 15.0. The van der Waals surface area contributed by atoms with Gasteiger partial charge in [-0.1, -0.05) is 139 Å². The lowest BCUT2D eigenvalue weighted by atomic mass is 9.87. The average Bonchev–Trinajstić information content (AvgIpc) is 3.93. The van der Waals surface area contributed by atoms with Crippen molar-refractivity contribution in [3.63, 3.8) is 0 Å². The number of para-hydroxylation sites is 1. The van der Waals surface area contributed by atoms with Crippen molar-refractivity contribution in [2.24, 2.45) is 0 Å². The zero-order valence-electron chi connectivity index (χ0n) is 33.2. The van der Waals surface area contributed by atoms with E-state index in [1.54, 1.807) is 0 Å². The van der Waals surface area contributed by atoms with Crippen molar-refractivity contribution in [1.29, 1.82) is 0 Å². The Morgan fingerprint density at radius 2 is 1.02 bits per heavy atom. The van der Waals surface area contributed by atoms with E-state index >= 15 is 0 Å². The second-order valence-corrected chi connectivity index (χ2v) is 15.9. The molecule has 59 heavy (non-hydrogen) atoms. The third-order valence-electron chi connectivity index (χ3n) is 11.0. The summed E-state index contributed by atoms with van der Waals surface area (Å²) in [6.07, 6.45) is 4.04. The Kier molecular flexibility index (Phi) is 8.88. The number of hydrogen-bond donors (Lipinski definition) is 0. The molecule has 5 nitrogen and oxygen atoms in total. The highest BCUT2D eigenvalue weighted by molar-refractivity contribution is 6.06. The molecule has 10 rings (SSSR count). The Morgan fingerprint density at radius 1 is 0.441 bits per heavy atom. The molecule has 0 saturated heterocycles. The van der Waals surface area contributed by atoms with Crippen molar-refractivity contribution in [3.05, 3.63) is 206 Å². The van der Waals surface area contributed by atoms with Gasteiger partial charge in [0, 0.05) is 30.3 Å². The van der Waals surface area contributed by atoms with E-state index in [2.05, 4.69) is 200 Å². The van der Waals surface area contributed by atoms with Crippen molar-refractivity contribution < 1.29 is 13.9 Å². The fourth-order valence-electron chi connectivity index (χ4n) is 7.95. The second kappa shape index (κ2) is 14.7. The Morgan fingerprint density at radius 3 is 1.68 bits per heavy atom. The normalized spacial score (nSPS) is 13.1. The molecule has 0 atom stereocenters. The molecule has 5 heteroatoms. The minimum absolute atomic E-state index is 0.102. The predicted molar refractivity (Wildman–Crippen MR) is 241 cm³/mol. The zero-order valence-corrected chi connectivity index (χ0v) is 33.2. The molecule has 0 aromatic heterocycles. The van der Waals surface area contributed by atoms with Gasteiger partial charge in [0.15, 0.2) is 0 Å². The standard InChI is InChI=1S/C54H42N4O/c1-54(2,3)42-28-30-43(31-29-42)55-33-34-56(37-55)44-20-12-22-46(35-44)59-47-23-13-21-45(36-47)57-38-58(53-50-24-11-10-19-41(50)27-32-51(53)57)52-48(39-15-6-4-7-16-39)25-14-26-49(52)40-17-8-5-9-18-40/h4-36H,1-3H3/q+4. The fourth-order valence-corrected chi connectivity index (χ4v) is 7.95. The maximum atomic E-state index is 6.60. The Bertz CT molecular complexity index is 3050. The van der Waals surface area contributed by atoms with Gasteiger partial charge in [-0.25, -0.2) is 0 Å². The molecule has 0 amide bonds. The van der Waals surface area contributed by atoms with Crippen molar-refractivity contribution in [3.8, 4) is 33.8 Å². The van der Waals surface area contributed by atoms with Gasteiger partial charge in [0.25, 0.3) is 18.1 Å². The Hall–Kier alpha value is -7.68. The number of benzene rings is 8. The van der Waals surface area contributed by atoms with Crippen LogP contribution in [0, 0.1) is 0 Å². The molecule has 0 N–H and O–H groups in total. The fraction of sp³-hybridized carbons (Fsp3) is 0.0741. The summed E-state index contributed by atoms with van der Waals surface area (Å²) in [5.41, 5.74) is 12.1. The molecule has 0 bridgehead atoms. The number of fused-ring (bicyclic) bond motifs is 3. The van der Waals surface area contributed by atoms with E-state index in [-0.39, 0.29) is 5.41 Å². The third kappa shape index (κ3) is 6.81. The van der Waals surface area contributed by atoms with Gasteiger partial charge >= 0.3 is 17.7 Å². The molecule has 0 aliphatic carbocycles. The second-order valence-electron chi connectivity index (χ2n) is 15.9. The van der Waals surface area contributed by atoms with Gasteiger partial charge in [-0.15, -0.1) is 0 Å². The molecular formula is C54H42N4O+4. The summed E-state index contributed by atoms with van der Waals surface area (Å²) in [5, 5.41) is 2.32. The summed E-state index contributed by atoms with van der Waals surface area (Å²) >= 11 is 0. The van der Waals surface area contributed by atoms with E-state index < -0.39 is 0 Å². The SMILES string of the molecule is CC(C)(C)c1ccc([N+]2=C=[N+](c3cccc(Oc4cccc([N+]5=C=[N+](c6c(-c7ccccc7)cccc6-c6ccccc6)c6c5ccc5ccccc65)c4)c3)C=C2)cc1. The van der Waals surface area contributed by atoms with E-state index in [1.807, 2.05) is 51.9 Å². The Labute approximate surface area is 344 Å². The number of rotatable bonds is 8. The first kappa shape index (κ1) is 35.7. The van der Waals surface area contributed by atoms with Gasteiger partial charge < -0.3 is 4.74 Å². The summed E-state index contributed by atoms with van der Waals surface area (Å²) in [6, 6.07) is 73.2. The number of hydrogen-bond acceptors (Lipinski definition) is 1. The smallest absolute Gasteiger partial charge is 0.457 e. The molecule has 280 valence electrons. The molecule has 2 heterocycles. The summed E-state index contributed by atoms with van der Waals surface area (Å²) in [6.45, 7) is 6.69. The molecule has 0 unspecified atom stereocenters. The van der Waals surface area contributed by atoms with Crippen LogP contribution in [0.25, 0.3) is 33.0 Å². The van der Waals surface area contributed by atoms with Crippen molar-refractivity contribution in [2.75, 3.05) is 0 Å². The first-order valence-corrected chi connectivity index (χ1v) is 20.0. The van der Waals surface area contributed by atoms with Crippen LogP contribution in [0.5, 0.6) is 11.5 Å². The number of nitrogens with zero attached hydrogens (tertiary/aromatic N) is 4. The van der Waals surface area contributed by atoms with E-state index in [0.29, 0.717) is 0 Å². The third-order valence-corrected chi connectivity index (χ3v) is 11.0. The van der Waals surface area contributed by atoms with Crippen LogP contribution in [0.15, 0.2) is 200 Å². The van der Waals surface area contributed by atoms with Crippen LogP contribution >= 0.6 is 0 Å². The van der Waals surface area contributed by atoms with Crippen LogP contribution in [-0.4, -0.2) is 21.2 Å². The first-order valence-electron chi connectivity index (χ1n) is 20.0. The lowest BCUT2D eigenvalue weighted by Crippen LogP contribution is -2.10. The zero-order chi connectivity index (χ0) is 39.9. The van der Waals surface area contributed by atoms with Crippen LogP contribution in [-0.2, 0) is 5.41 Å². The molecule has 0 fully saturated rings. The lowest BCUT2D eigenvalue weighted by Gasteiger charge is -2.18. The maximum absolute atomic E-state index is 6.60. The topological polar surface area (TPSA) is 21.3 Å². The quantitative estimate of drug-likeness (QED) is 0.141. The highest BCUT2D eigenvalue weighted by atomic mass is 16.5. The summed E-state index contributed by atoms with van der Waals surface area (Å²) in [5.74, 6) is 1.46. The first-order chi connectivity index (χ1) is 28.9. The molecular weight excluding hydrogens is 721 g/mol. The summed E-state index contributed by atoms with van der Waals surface area (Å²) in [7, 11) is 0. The largest absolute Gasteiger partial charge is 0.503 e. The number of ether oxygens (including phenoxy) is 1. The molecule has 8 aromatic rings. The van der Waals surface area contributed by atoms with E-state index in [1.165, 1.54) is 10.9 Å². The van der Waals surface area contributed by atoms with Gasteiger partial charge in [-0.2, -0.15) is 0 Å². The molecule has 2 aliphatic heterocycles. The highest BCUT2D eigenvalue weighted by Gasteiger charge is 2.41. The molecule has 8 aromatic carbocycles. The maximum Gasteiger partial charge on any atom is 0.503 e. The van der Waals surface area contributed by atoms with E-state index in [4.69, 9.17) is 4.74 Å². The van der Waals surface area contributed by atoms with Crippen LogP contribution < -0.4 is 13.9 Å². The van der Waals surface area contributed by atoms with Crippen LogP contribution in [0.4, 0.5) is 34.1 Å². The highest BCUT2D eigenvalue weighted by Crippen LogP contribution is 2.47. The van der Waals surface area contributed by atoms with Gasteiger partial charge in [-0.05, 0) is 73.0 Å². The van der Waals surface area contributed by atoms with Gasteiger partial charge in [-0.3, -0.25) is 0 Å². The minimum Gasteiger partial charge on any atom is -0.457 e. The van der Waals surface area contributed by atoms with Gasteiger partial charge in [0.1, 0.15) is 11.5 Å². The van der Waals surface area contributed by atoms with Crippen LogP contribution in [0.3, 0.4) is 0 Å². The Balaban J connectivity index is 1.06. The molecule has 0 saturated carbocycles. The lowest BCUT2D eigenvalue weighted by molar-refractivity contribution is -0.387. The predicted octanol–water partition coefficient (Wildman–Crippen LogP) is 13.8. The van der Waals surface area contributed by atoms with Crippen molar-refractivity contribution >= 4 is 56.9 Å². The van der Waals surface area contributed by atoms with Crippen molar-refractivity contribution in [2.45, 2.75) is 26.2 Å². The molecule has 2 aliphatic rings. The molecule has 0 spiro atoms. The van der Waals surface area contributed by atoms with E-state index in [0.717, 1.165) is 73.3 Å². The van der Waals surface area contributed by atoms with Crippen molar-refractivity contribution in [1.82, 2.24) is 9.15 Å². The van der Waals surface area contributed by atoms with Gasteiger partial charge in [0.05, 0.1) is 28.6 Å². The minimum atomic E-state index is 0.102. The van der Waals surface area contributed by atoms with Gasteiger partial charge in [0.2, 0.25) is 22.7 Å². The molecule has 0 radical (unpaired) electrons. The monoisotopic (exact) mass is 762 g/mol. The van der Waals surface area contributed by atoms with Crippen LogP contribution in [0.1, 0.15) is 26.3 Å². The summed E-state index contributed by atoms with van der Waals surface area (Å²) in [4.78, 5) is 0. The van der Waals surface area contributed by atoms with E-state index in [9.17, 15) is 0 Å². The average molecular weight is 763 g/mol.